The number of nitro benzene ring substituents is 1. The summed E-state index contributed by atoms with van der Waals surface area (Å²) in [4.78, 5) is 23.1. The summed E-state index contributed by atoms with van der Waals surface area (Å²) in [7, 11) is 1.57. The zero-order chi connectivity index (χ0) is 19.8. The molecule has 0 spiro atoms. The molecule has 1 aliphatic rings. The normalized spacial score (nSPS) is 17.4. The van der Waals surface area contributed by atoms with Crippen molar-refractivity contribution in [2.45, 2.75) is 31.9 Å². The lowest BCUT2D eigenvalue weighted by Gasteiger charge is -2.38. The molecule has 0 radical (unpaired) electrons. The number of amides is 1. The SMILES string of the molecule is COc1ccc2c(c1)OC(C)(C)CC2NC(=O)c1ccc(Cl)c([N+](=O)[O-])c1. The van der Waals surface area contributed by atoms with Gasteiger partial charge in [-0.2, -0.15) is 0 Å². The van der Waals surface area contributed by atoms with Gasteiger partial charge in [0.2, 0.25) is 0 Å². The van der Waals surface area contributed by atoms with E-state index in [9.17, 15) is 14.9 Å². The Labute approximate surface area is 161 Å². The summed E-state index contributed by atoms with van der Waals surface area (Å²) in [6, 6.07) is 9.10. The largest absolute Gasteiger partial charge is 0.497 e. The van der Waals surface area contributed by atoms with Crippen LogP contribution in [-0.4, -0.2) is 23.5 Å². The Bertz CT molecular complexity index is 913. The molecule has 1 N–H and O–H groups in total. The number of hydrogen-bond acceptors (Lipinski definition) is 5. The molecule has 0 saturated carbocycles. The van der Waals surface area contributed by atoms with E-state index >= 15 is 0 Å². The van der Waals surface area contributed by atoms with E-state index in [0.717, 1.165) is 5.56 Å². The van der Waals surface area contributed by atoms with Crippen LogP contribution in [0, 0.1) is 10.1 Å². The van der Waals surface area contributed by atoms with E-state index in [1.165, 1.54) is 18.2 Å². The van der Waals surface area contributed by atoms with E-state index in [1.54, 1.807) is 19.2 Å². The molecule has 1 atom stereocenters. The number of halogens is 1. The fourth-order valence-corrected chi connectivity index (χ4v) is 3.31. The van der Waals surface area contributed by atoms with Crippen LogP contribution in [0.25, 0.3) is 0 Å². The quantitative estimate of drug-likeness (QED) is 0.621. The van der Waals surface area contributed by atoms with Gasteiger partial charge in [-0.3, -0.25) is 14.9 Å². The van der Waals surface area contributed by atoms with E-state index < -0.39 is 16.4 Å². The first-order valence-electron chi connectivity index (χ1n) is 8.32. The molecule has 0 saturated heterocycles. The third-order valence-corrected chi connectivity index (χ3v) is 4.71. The molecule has 1 unspecified atom stereocenters. The average molecular weight is 391 g/mol. The molecule has 0 aromatic heterocycles. The van der Waals surface area contributed by atoms with Crippen molar-refractivity contribution in [2.24, 2.45) is 0 Å². The van der Waals surface area contributed by atoms with Crippen LogP contribution < -0.4 is 14.8 Å². The Morgan fingerprint density at radius 2 is 2.07 bits per heavy atom. The van der Waals surface area contributed by atoms with E-state index in [2.05, 4.69) is 5.32 Å². The van der Waals surface area contributed by atoms with Crippen molar-refractivity contribution in [2.75, 3.05) is 7.11 Å². The summed E-state index contributed by atoms with van der Waals surface area (Å²) in [5.74, 6) is 0.877. The third-order valence-electron chi connectivity index (χ3n) is 4.39. The lowest BCUT2D eigenvalue weighted by molar-refractivity contribution is -0.384. The molecular weight excluding hydrogens is 372 g/mol. The monoisotopic (exact) mass is 390 g/mol. The molecule has 1 aliphatic heterocycles. The standard InChI is InChI=1S/C19H19ClN2O5/c1-19(2)10-15(13-6-5-12(26-3)9-17(13)27-19)21-18(23)11-4-7-14(20)16(8-11)22(24)25/h4-9,15H,10H2,1-3H3,(H,21,23). The van der Waals surface area contributed by atoms with Crippen LogP contribution in [0.3, 0.4) is 0 Å². The van der Waals surface area contributed by atoms with Crippen molar-refractivity contribution in [1.29, 1.82) is 0 Å². The first-order valence-corrected chi connectivity index (χ1v) is 8.70. The number of fused-ring (bicyclic) bond motifs is 1. The number of carbonyl (C=O) groups excluding carboxylic acids is 1. The van der Waals surface area contributed by atoms with Gasteiger partial charge in [-0.25, -0.2) is 0 Å². The van der Waals surface area contributed by atoms with Gasteiger partial charge in [-0.05, 0) is 38.1 Å². The number of rotatable bonds is 4. The highest BCUT2D eigenvalue weighted by molar-refractivity contribution is 6.32. The highest BCUT2D eigenvalue weighted by atomic mass is 35.5. The zero-order valence-electron chi connectivity index (χ0n) is 15.1. The molecule has 1 heterocycles. The highest BCUT2D eigenvalue weighted by Crippen LogP contribution is 2.41. The van der Waals surface area contributed by atoms with Crippen molar-refractivity contribution >= 4 is 23.2 Å². The van der Waals surface area contributed by atoms with Crippen LogP contribution in [-0.2, 0) is 0 Å². The molecule has 7 nitrogen and oxygen atoms in total. The van der Waals surface area contributed by atoms with Gasteiger partial charge in [-0.15, -0.1) is 0 Å². The minimum absolute atomic E-state index is 0.0128. The van der Waals surface area contributed by atoms with Gasteiger partial charge >= 0.3 is 0 Å². The van der Waals surface area contributed by atoms with Gasteiger partial charge in [-0.1, -0.05) is 11.6 Å². The second-order valence-electron chi connectivity index (χ2n) is 6.92. The fraction of sp³-hybridized carbons (Fsp3) is 0.316. The number of methoxy groups -OCH3 is 1. The van der Waals surface area contributed by atoms with Gasteiger partial charge < -0.3 is 14.8 Å². The zero-order valence-corrected chi connectivity index (χ0v) is 15.9. The third kappa shape index (κ3) is 3.98. The summed E-state index contributed by atoms with van der Waals surface area (Å²) < 4.78 is 11.2. The number of ether oxygens (including phenoxy) is 2. The van der Waals surface area contributed by atoms with Crippen LogP contribution in [0.5, 0.6) is 11.5 Å². The Morgan fingerprint density at radius 3 is 2.74 bits per heavy atom. The van der Waals surface area contributed by atoms with E-state index in [4.69, 9.17) is 21.1 Å². The predicted molar refractivity (Wildman–Crippen MR) is 101 cm³/mol. The summed E-state index contributed by atoms with van der Waals surface area (Å²) in [5.41, 5.74) is 0.197. The van der Waals surface area contributed by atoms with Crippen molar-refractivity contribution in [3.63, 3.8) is 0 Å². The van der Waals surface area contributed by atoms with Gasteiger partial charge in [0.1, 0.15) is 22.1 Å². The lowest BCUT2D eigenvalue weighted by Crippen LogP contribution is -2.41. The number of carbonyl (C=O) groups is 1. The molecular formula is C19H19ClN2O5. The molecule has 8 heteroatoms. The maximum Gasteiger partial charge on any atom is 0.288 e. The van der Waals surface area contributed by atoms with E-state index in [1.807, 2.05) is 19.9 Å². The van der Waals surface area contributed by atoms with Crippen LogP contribution >= 0.6 is 11.6 Å². The van der Waals surface area contributed by atoms with Gasteiger partial charge in [0, 0.05) is 29.7 Å². The molecule has 1 amide bonds. The summed E-state index contributed by atoms with van der Waals surface area (Å²) in [6.07, 6.45) is 0.549. The second kappa shape index (κ2) is 7.08. The van der Waals surface area contributed by atoms with Crippen molar-refractivity contribution in [1.82, 2.24) is 5.32 Å². The smallest absolute Gasteiger partial charge is 0.288 e. The molecule has 3 rings (SSSR count). The Balaban J connectivity index is 1.90. The van der Waals surface area contributed by atoms with Crippen LogP contribution in [0.2, 0.25) is 5.02 Å². The topological polar surface area (TPSA) is 90.7 Å². The number of benzene rings is 2. The molecule has 142 valence electrons. The van der Waals surface area contributed by atoms with Crippen molar-refractivity contribution in [3.8, 4) is 11.5 Å². The molecule has 2 aromatic rings. The summed E-state index contributed by atoms with van der Waals surface area (Å²) in [5, 5.41) is 14.0. The maximum atomic E-state index is 12.7. The van der Waals surface area contributed by atoms with Crippen LogP contribution in [0.4, 0.5) is 5.69 Å². The van der Waals surface area contributed by atoms with Crippen LogP contribution in [0.15, 0.2) is 36.4 Å². The molecule has 0 aliphatic carbocycles. The lowest BCUT2D eigenvalue weighted by atomic mass is 9.89. The van der Waals surface area contributed by atoms with Crippen molar-refractivity contribution < 1.29 is 19.2 Å². The average Bonchev–Trinajstić information content (AvgIpc) is 2.60. The second-order valence-corrected chi connectivity index (χ2v) is 7.33. The number of nitro groups is 1. The van der Waals surface area contributed by atoms with Crippen molar-refractivity contribution in [3.05, 3.63) is 62.7 Å². The Kier molecular flexibility index (Phi) is 4.97. The predicted octanol–water partition coefficient (Wildman–Crippen LogP) is 4.29. The Hall–Kier alpha value is -2.80. The molecule has 0 fully saturated rings. The van der Waals surface area contributed by atoms with Gasteiger partial charge in [0.25, 0.3) is 11.6 Å². The minimum atomic E-state index is -0.613. The summed E-state index contributed by atoms with van der Waals surface area (Å²) >= 11 is 5.82. The van der Waals surface area contributed by atoms with E-state index in [0.29, 0.717) is 17.9 Å². The first kappa shape index (κ1) is 19.0. The van der Waals surface area contributed by atoms with Gasteiger partial charge in [0.05, 0.1) is 18.1 Å². The number of nitrogens with one attached hydrogen (secondary N) is 1. The number of hydrogen-bond donors (Lipinski definition) is 1. The molecule has 0 bridgehead atoms. The highest BCUT2D eigenvalue weighted by Gasteiger charge is 2.35. The van der Waals surface area contributed by atoms with Crippen LogP contribution in [0.1, 0.15) is 42.2 Å². The van der Waals surface area contributed by atoms with E-state index in [-0.39, 0.29) is 22.3 Å². The first-order chi connectivity index (χ1) is 12.7. The molecule has 2 aromatic carbocycles. The Morgan fingerprint density at radius 1 is 1.33 bits per heavy atom. The fourth-order valence-electron chi connectivity index (χ4n) is 3.12. The number of nitrogens with zero attached hydrogens (tertiary/aromatic N) is 1. The minimum Gasteiger partial charge on any atom is -0.497 e. The maximum absolute atomic E-state index is 12.7. The molecule has 27 heavy (non-hydrogen) atoms. The van der Waals surface area contributed by atoms with Gasteiger partial charge in [0.15, 0.2) is 0 Å². The summed E-state index contributed by atoms with van der Waals surface area (Å²) in [6.45, 7) is 3.86.